The minimum absolute atomic E-state index is 0.0200. The fourth-order valence-corrected chi connectivity index (χ4v) is 10.2. The highest BCUT2D eigenvalue weighted by Crippen LogP contribution is 2.68. The number of alkyl halides is 17. The van der Waals surface area contributed by atoms with Gasteiger partial charge in [-0.15, -0.1) is 0 Å². The highest BCUT2D eigenvalue weighted by molar-refractivity contribution is 8.33. The molecule has 1 fully saturated rings. The van der Waals surface area contributed by atoms with Crippen molar-refractivity contribution in [3.8, 4) is 5.75 Å². The lowest BCUT2D eigenvalue weighted by Crippen LogP contribution is -2.75. The number of halogens is 17. The number of fused-ring (bicyclic) bond motifs is 1. The van der Waals surface area contributed by atoms with Crippen LogP contribution in [-0.2, 0) is 13.7 Å². The van der Waals surface area contributed by atoms with Gasteiger partial charge in [-0.3, -0.25) is 0 Å². The van der Waals surface area contributed by atoms with Crippen molar-refractivity contribution in [2.75, 3.05) is 18.6 Å². The molecule has 3 rings (SSSR count). The van der Waals surface area contributed by atoms with Crippen molar-refractivity contribution >= 4 is 31.2 Å². The van der Waals surface area contributed by atoms with E-state index >= 15 is 0 Å². The summed E-state index contributed by atoms with van der Waals surface area (Å²) in [4.78, 5) is -0.304. The second-order valence-corrected chi connectivity index (χ2v) is 14.6. The lowest BCUT2D eigenvalue weighted by atomic mass is 9.91. The zero-order valence-electron chi connectivity index (χ0n) is 22.2. The average Bonchev–Trinajstić information content (AvgIpc) is 3.39. The largest absolute Gasteiger partial charge is 0.496 e. The molecule has 0 radical (unpaired) electrons. The Morgan fingerprint density at radius 3 is 1.43 bits per heavy atom. The van der Waals surface area contributed by atoms with Gasteiger partial charge in [0, 0.05) is 21.8 Å². The van der Waals surface area contributed by atoms with E-state index in [1.165, 1.54) is 31.4 Å². The number of ether oxygens (including phenoxy) is 1. The molecule has 46 heavy (non-hydrogen) atoms. The number of rotatable bonds is 11. The summed E-state index contributed by atoms with van der Waals surface area (Å²) < 4.78 is 268. The first kappa shape index (κ1) is 38.0. The fourth-order valence-electron chi connectivity index (χ4n) is 4.36. The topological polar surface area (TPSA) is 52.6 Å². The molecule has 0 saturated carbocycles. The van der Waals surface area contributed by atoms with Gasteiger partial charge in [-0.1, -0.05) is 34.6 Å². The van der Waals surface area contributed by atoms with E-state index < -0.39 is 78.9 Å². The molecule has 0 spiro atoms. The Balaban J connectivity index is 2.16. The normalized spacial score (nSPS) is 18.6. The van der Waals surface area contributed by atoms with Crippen LogP contribution in [0, 0.1) is 0 Å². The Hall–Kier alpha value is -2.43. The minimum atomic E-state index is -8.91. The molecule has 0 unspecified atom stereocenters. The summed E-state index contributed by atoms with van der Waals surface area (Å²) in [6.45, 7) is 0. The van der Waals surface area contributed by atoms with Gasteiger partial charge in [0.1, 0.15) is 5.75 Å². The lowest BCUT2D eigenvalue weighted by molar-refractivity contribution is -0.458. The van der Waals surface area contributed by atoms with Gasteiger partial charge in [-0.25, -0.2) is 3.63 Å². The molecule has 0 N–H and O–H groups in total. The molecule has 1 heterocycles. The Kier molecular flexibility index (Phi) is 9.14. The van der Waals surface area contributed by atoms with E-state index in [1.54, 1.807) is 0 Å². The summed E-state index contributed by atoms with van der Waals surface area (Å²) in [5.41, 5.74) is 0. The third-order valence-electron chi connectivity index (χ3n) is 6.89. The van der Waals surface area contributed by atoms with Crippen LogP contribution in [0.4, 0.5) is 74.6 Å². The van der Waals surface area contributed by atoms with Gasteiger partial charge in [0.05, 0.1) is 7.11 Å². The average molecular weight is 744 g/mol. The minimum Gasteiger partial charge on any atom is -0.496 e. The van der Waals surface area contributed by atoms with Gasteiger partial charge >= 0.3 is 57.1 Å². The highest BCUT2D eigenvalue weighted by atomic mass is 32.3. The van der Waals surface area contributed by atoms with E-state index in [1.807, 2.05) is 0 Å². The van der Waals surface area contributed by atoms with E-state index in [9.17, 15) is 83.1 Å². The van der Waals surface area contributed by atoms with E-state index in [-0.39, 0.29) is 34.3 Å². The highest BCUT2D eigenvalue weighted by Gasteiger charge is 2.96. The molecule has 23 heteroatoms. The van der Waals surface area contributed by atoms with Crippen molar-refractivity contribution in [1.29, 1.82) is 0 Å². The molecule has 0 atom stereocenters. The second kappa shape index (κ2) is 11.1. The molecule has 0 aliphatic carbocycles. The fraction of sp³-hybridized carbons (Fsp3) is 0.565. The van der Waals surface area contributed by atoms with Gasteiger partial charge in [0.2, 0.25) is 0 Å². The molecular weight excluding hydrogens is 727 g/mol. The number of hydrogen-bond acceptors (Lipinski definition) is 4. The van der Waals surface area contributed by atoms with Gasteiger partial charge in [0.15, 0.2) is 0 Å². The maximum atomic E-state index is 14.8. The van der Waals surface area contributed by atoms with E-state index in [0.717, 1.165) is 12.1 Å². The summed E-state index contributed by atoms with van der Waals surface area (Å²) in [6, 6.07) is 7.44. The third-order valence-corrected chi connectivity index (χ3v) is 12.6. The first-order valence-electron chi connectivity index (χ1n) is 12.0. The third kappa shape index (κ3) is 5.04. The summed E-state index contributed by atoms with van der Waals surface area (Å²) in [7, 11) is -10.4. The van der Waals surface area contributed by atoms with Crippen molar-refractivity contribution in [2.24, 2.45) is 0 Å². The summed E-state index contributed by atoms with van der Waals surface area (Å²) >= 11 is 0. The van der Waals surface area contributed by atoms with E-state index in [4.69, 9.17) is 4.74 Å². The van der Waals surface area contributed by atoms with Crippen molar-refractivity contribution in [3.63, 3.8) is 0 Å². The quantitative estimate of drug-likeness (QED) is 0.216. The lowest BCUT2D eigenvalue weighted by Gasteiger charge is -2.43. The van der Waals surface area contributed by atoms with Crippen LogP contribution < -0.4 is 4.74 Å². The van der Waals surface area contributed by atoms with Crippen molar-refractivity contribution in [3.05, 3.63) is 36.4 Å². The molecule has 264 valence electrons. The van der Waals surface area contributed by atoms with Crippen molar-refractivity contribution in [2.45, 2.75) is 64.7 Å². The molecule has 1 aliphatic rings. The number of benzene rings is 2. The molecule has 2 aromatic rings. The van der Waals surface area contributed by atoms with Crippen molar-refractivity contribution < 1.29 is 91.4 Å². The molecule has 0 bridgehead atoms. The molecule has 1 saturated heterocycles. The van der Waals surface area contributed by atoms with Crippen LogP contribution in [0.3, 0.4) is 0 Å². The molecule has 0 aromatic heterocycles. The zero-order chi connectivity index (χ0) is 35.8. The van der Waals surface area contributed by atoms with E-state index in [0.29, 0.717) is 0 Å². The summed E-state index contributed by atoms with van der Waals surface area (Å²) in [5, 5.41) is -7.62. The first-order chi connectivity index (χ1) is 20.5. The standard InChI is InChI=1S/C23H17F17O4S2/c1-43-14-8-9-15(13-7-3-2-6-12(13)14)45(10-4-5-11-45)44-46(41,42)23(39,40)21(34,35)19(30,31)17(26,27)16(24,25)18(28,29)20(32,33)22(36,37)38/h2-3,6-9H,4-5,10-11H2,1H3. The maximum Gasteiger partial charge on any atom is 0.460 e. The molecule has 0 amide bonds. The zero-order valence-corrected chi connectivity index (χ0v) is 23.8. The van der Waals surface area contributed by atoms with E-state index in [2.05, 4.69) is 3.63 Å². The van der Waals surface area contributed by atoms with Crippen LogP contribution in [0.1, 0.15) is 12.8 Å². The van der Waals surface area contributed by atoms with Crippen LogP contribution >= 0.6 is 10.3 Å². The molecule has 2 aromatic carbocycles. The van der Waals surface area contributed by atoms with Crippen LogP contribution in [-0.4, -0.2) is 74.0 Å². The molecule has 1 aliphatic heterocycles. The van der Waals surface area contributed by atoms with Crippen LogP contribution in [0.5, 0.6) is 5.75 Å². The predicted molar refractivity (Wildman–Crippen MR) is 126 cm³/mol. The van der Waals surface area contributed by atoms with Crippen molar-refractivity contribution in [1.82, 2.24) is 0 Å². The first-order valence-corrected chi connectivity index (χ1v) is 15.3. The van der Waals surface area contributed by atoms with Gasteiger partial charge < -0.3 is 4.74 Å². The SMILES string of the molecule is COc1ccc(S2(OS(=O)(=O)C(F)(F)C(F)(F)C(F)(F)C(F)(F)C(F)(F)C(F)(F)C(F)(F)C(F)(F)F)CCCC2)c2ccccc12. The summed E-state index contributed by atoms with van der Waals surface area (Å²) in [6.07, 6.45) is -8.08. The maximum absolute atomic E-state index is 14.8. The second-order valence-electron chi connectivity index (χ2n) is 9.72. The molecule has 4 nitrogen and oxygen atoms in total. The van der Waals surface area contributed by atoms with Crippen LogP contribution in [0.25, 0.3) is 10.8 Å². The number of methoxy groups -OCH3 is 1. The molecular formula is C23H17F17O4S2. The monoisotopic (exact) mass is 744 g/mol. The predicted octanol–water partition coefficient (Wildman–Crippen LogP) is 9.03. The van der Waals surface area contributed by atoms with Gasteiger partial charge in [-0.05, 0) is 30.4 Å². The van der Waals surface area contributed by atoms with Crippen LogP contribution in [0.2, 0.25) is 0 Å². The Morgan fingerprint density at radius 2 is 1.00 bits per heavy atom. The van der Waals surface area contributed by atoms with Crippen LogP contribution in [0.15, 0.2) is 41.3 Å². The van der Waals surface area contributed by atoms with Gasteiger partial charge in [-0.2, -0.15) is 83.1 Å². The Labute approximate surface area is 248 Å². The van der Waals surface area contributed by atoms with Gasteiger partial charge in [0.25, 0.3) is 0 Å². The Morgan fingerprint density at radius 1 is 0.587 bits per heavy atom. The Bertz CT molecular complexity index is 1570. The summed E-state index contributed by atoms with van der Waals surface area (Å²) in [5.74, 6) is -53.1. The number of hydrogen-bond donors (Lipinski definition) is 0. The smallest absolute Gasteiger partial charge is 0.460 e.